The van der Waals surface area contributed by atoms with E-state index in [-0.39, 0.29) is 12.0 Å². The van der Waals surface area contributed by atoms with Crippen LogP contribution in [0.3, 0.4) is 0 Å². The number of aldehydes is 1. The van der Waals surface area contributed by atoms with E-state index >= 15 is 0 Å². The summed E-state index contributed by atoms with van der Waals surface area (Å²) >= 11 is 1.31. The number of carbonyl (C=O) groups is 1. The predicted molar refractivity (Wildman–Crippen MR) is 53.8 cm³/mol. The maximum absolute atomic E-state index is 13.3. The molecule has 1 nitrogen and oxygen atoms in total. The van der Waals surface area contributed by atoms with Crippen molar-refractivity contribution in [2.45, 2.75) is 12.6 Å². The highest BCUT2D eigenvalue weighted by Crippen LogP contribution is 2.36. The number of hydrogen-bond donors (Lipinski definition) is 0. The van der Waals surface area contributed by atoms with Crippen LogP contribution in [-0.4, -0.2) is 6.29 Å². The summed E-state index contributed by atoms with van der Waals surface area (Å²) in [4.78, 5) is 10.2. The van der Waals surface area contributed by atoms with E-state index in [0.717, 1.165) is 0 Å². The Labute approximate surface area is 101 Å². The third-order valence-electron chi connectivity index (χ3n) is 1.82. The van der Waals surface area contributed by atoms with E-state index in [1.54, 1.807) is 0 Å². The van der Waals surface area contributed by atoms with E-state index in [0.29, 0.717) is 12.4 Å². The SMILES string of the molecule is O=CCc1cc(F)c(C(F)(F)F)c(F)c1I. The Balaban J connectivity index is 3.46. The van der Waals surface area contributed by atoms with Crippen molar-refractivity contribution in [3.05, 3.63) is 32.4 Å². The van der Waals surface area contributed by atoms with Gasteiger partial charge in [0.2, 0.25) is 0 Å². The molecule has 88 valence electrons. The van der Waals surface area contributed by atoms with Crippen LogP contribution in [0.1, 0.15) is 11.1 Å². The second kappa shape index (κ2) is 4.64. The summed E-state index contributed by atoms with van der Waals surface area (Å²) in [5.41, 5.74) is -2.02. The first kappa shape index (κ1) is 13.3. The number of carbonyl (C=O) groups excluding carboxylic acids is 1. The van der Waals surface area contributed by atoms with Crippen LogP contribution in [0, 0.1) is 15.2 Å². The molecule has 0 aliphatic carbocycles. The molecule has 0 bridgehead atoms. The van der Waals surface area contributed by atoms with Gasteiger partial charge in [0.25, 0.3) is 0 Å². The van der Waals surface area contributed by atoms with Crippen LogP contribution in [0.25, 0.3) is 0 Å². The Bertz CT molecular complexity index is 427. The summed E-state index contributed by atoms with van der Waals surface area (Å²) in [7, 11) is 0. The molecule has 1 aromatic rings. The molecule has 0 aliphatic rings. The summed E-state index contributed by atoms with van der Waals surface area (Å²) in [5.74, 6) is -3.38. The molecular formula is C9H4F5IO. The topological polar surface area (TPSA) is 17.1 Å². The Morgan fingerprint density at radius 1 is 1.31 bits per heavy atom. The van der Waals surface area contributed by atoms with Crippen LogP contribution in [0.4, 0.5) is 22.0 Å². The second-order valence-corrected chi connectivity index (χ2v) is 3.97. The van der Waals surface area contributed by atoms with Crippen molar-refractivity contribution in [1.29, 1.82) is 0 Å². The Hall–Kier alpha value is -0.730. The van der Waals surface area contributed by atoms with Crippen LogP contribution in [0.15, 0.2) is 6.07 Å². The minimum absolute atomic E-state index is 0.0985. The first-order valence-electron chi connectivity index (χ1n) is 3.96. The summed E-state index contributed by atoms with van der Waals surface area (Å²) in [6, 6.07) is 0.530. The van der Waals surface area contributed by atoms with Crippen LogP contribution in [0.5, 0.6) is 0 Å². The zero-order chi connectivity index (χ0) is 12.5. The van der Waals surface area contributed by atoms with Gasteiger partial charge in [-0.3, -0.25) is 0 Å². The van der Waals surface area contributed by atoms with Gasteiger partial charge in [-0.1, -0.05) is 0 Å². The van der Waals surface area contributed by atoms with Gasteiger partial charge in [0.15, 0.2) is 5.82 Å². The van der Waals surface area contributed by atoms with Crippen LogP contribution in [-0.2, 0) is 17.4 Å². The third kappa shape index (κ3) is 2.50. The Morgan fingerprint density at radius 2 is 1.88 bits per heavy atom. The lowest BCUT2D eigenvalue weighted by Gasteiger charge is -2.12. The van der Waals surface area contributed by atoms with Gasteiger partial charge in [-0.05, 0) is 34.2 Å². The summed E-state index contributed by atoms with van der Waals surface area (Å²) in [6.07, 6.45) is -5.05. The van der Waals surface area contributed by atoms with Gasteiger partial charge in [-0.2, -0.15) is 13.2 Å². The van der Waals surface area contributed by atoms with Crippen LogP contribution >= 0.6 is 22.6 Å². The van der Waals surface area contributed by atoms with Gasteiger partial charge in [-0.15, -0.1) is 0 Å². The average molecular weight is 350 g/mol. The lowest BCUT2D eigenvalue weighted by molar-refractivity contribution is -0.142. The monoisotopic (exact) mass is 350 g/mol. The number of benzene rings is 1. The minimum Gasteiger partial charge on any atom is -0.303 e. The fourth-order valence-electron chi connectivity index (χ4n) is 1.14. The smallest absolute Gasteiger partial charge is 0.303 e. The van der Waals surface area contributed by atoms with Gasteiger partial charge in [-0.25, -0.2) is 8.78 Å². The summed E-state index contributed by atoms with van der Waals surface area (Å²) in [6.45, 7) is 0. The average Bonchev–Trinajstić information content (AvgIpc) is 2.12. The number of halogens is 6. The van der Waals surface area contributed by atoms with Crippen LogP contribution < -0.4 is 0 Å². The molecule has 0 saturated heterocycles. The molecule has 0 heterocycles. The molecule has 0 N–H and O–H groups in total. The quantitative estimate of drug-likeness (QED) is 0.346. The van der Waals surface area contributed by atoms with Crippen molar-refractivity contribution in [2.24, 2.45) is 0 Å². The lowest BCUT2D eigenvalue weighted by atomic mass is 10.1. The van der Waals surface area contributed by atoms with E-state index < -0.39 is 26.9 Å². The molecule has 0 aromatic heterocycles. The number of rotatable bonds is 2. The number of alkyl halides is 3. The summed E-state index contributed by atoms with van der Waals surface area (Å²) in [5, 5.41) is 0. The van der Waals surface area contributed by atoms with Crippen molar-refractivity contribution in [3.8, 4) is 0 Å². The maximum atomic E-state index is 13.3. The van der Waals surface area contributed by atoms with E-state index in [1.807, 2.05) is 0 Å². The molecule has 16 heavy (non-hydrogen) atoms. The lowest BCUT2D eigenvalue weighted by Crippen LogP contribution is -2.14. The van der Waals surface area contributed by atoms with E-state index in [2.05, 4.69) is 0 Å². The highest BCUT2D eigenvalue weighted by Gasteiger charge is 2.39. The van der Waals surface area contributed by atoms with Crippen LogP contribution in [0.2, 0.25) is 0 Å². The Kier molecular flexibility index (Phi) is 3.87. The van der Waals surface area contributed by atoms with Crippen molar-refractivity contribution < 1.29 is 26.7 Å². The van der Waals surface area contributed by atoms with Gasteiger partial charge >= 0.3 is 6.18 Å². The highest BCUT2D eigenvalue weighted by molar-refractivity contribution is 14.1. The predicted octanol–water partition coefficient (Wildman–Crippen LogP) is 3.33. The third-order valence-corrected chi connectivity index (χ3v) is 2.99. The zero-order valence-electron chi connectivity index (χ0n) is 7.54. The molecule has 0 unspecified atom stereocenters. The van der Waals surface area contributed by atoms with Crippen molar-refractivity contribution in [1.82, 2.24) is 0 Å². The molecule has 7 heteroatoms. The fourth-order valence-corrected chi connectivity index (χ4v) is 1.79. The second-order valence-electron chi connectivity index (χ2n) is 2.89. The number of hydrogen-bond acceptors (Lipinski definition) is 1. The van der Waals surface area contributed by atoms with Gasteiger partial charge < -0.3 is 4.79 Å². The van der Waals surface area contributed by atoms with Gasteiger partial charge in [0.05, 0.1) is 3.57 Å². The van der Waals surface area contributed by atoms with Gasteiger partial charge in [0, 0.05) is 6.42 Å². The standard InChI is InChI=1S/C9H4F5IO/c10-5-3-4(1-2-16)8(15)7(11)6(5)9(12,13)14/h2-3H,1H2. The minimum atomic E-state index is -5.09. The molecular weight excluding hydrogens is 346 g/mol. The van der Waals surface area contributed by atoms with Crippen molar-refractivity contribution in [2.75, 3.05) is 0 Å². The maximum Gasteiger partial charge on any atom is 0.422 e. The molecule has 0 fully saturated rings. The largest absolute Gasteiger partial charge is 0.422 e. The highest BCUT2D eigenvalue weighted by atomic mass is 127. The molecule has 0 saturated carbocycles. The molecule has 1 aromatic carbocycles. The van der Waals surface area contributed by atoms with E-state index in [9.17, 15) is 26.7 Å². The van der Waals surface area contributed by atoms with E-state index in [4.69, 9.17) is 0 Å². The fraction of sp³-hybridized carbons (Fsp3) is 0.222. The molecule has 0 spiro atoms. The molecule has 0 atom stereocenters. The van der Waals surface area contributed by atoms with Crippen molar-refractivity contribution in [3.63, 3.8) is 0 Å². The molecule has 1 rings (SSSR count). The normalized spacial score (nSPS) is 11.6. The Morgan fingerprint density at radius 3 is 2.31 bits per heavy atom. The molecule has 0 radical (unpaired) electrons. The van der Waals surface area contributed by atoms with E-state index in [1.165, 1.54) is 22.6 Å². The zero-order valence-corrected chi connectivity index (χ0v) is 9.70. The van der Waals surface area contributed by atoms with Crippen molar-refractivity contribution >= 4 is 28.9 Å². The first-order chi connectivity index (χ1) is 7.29. The molecule has 0 amide bonds. The van der Waals surface area contributed by atoms with Gasteiger partial charge in [0.1, 0.15) is 17.7 Å². The molecule has 0 aliphatic heterocycles. The summed E-state index contributed by atoms with van der Waals surface area (Å²) < 4.78 is 62.7. The first-order valence-corrected chi connectivity index (χ1v) is 5.04.